The first-order valence-electron chi connectivity index (χ1n) is 12.0. The Morgan fingerprint density at radius 2 is 2.03 bits per heavy atom. The maximum Gasteiger partial charge on any atom is 0.128 e. The van der Waals surface area contributed by atoms with E-state index < -0.39 is 0 Å². The number of ether oxygens (including phenoxy) is 1. The largest absolute Gasteiger partial charge is 0.485 e. The van der Waals surface area contributed by atoms with Gasteiger partial charge < -0.3 is 10.5 Å². The quantitative estimate of drug-likeness (QED) is 0.648. The average Bonchev–Trinajstić information content (AvgIpc) is 3.36. The zero-order valence-corrected chi connectivity index (χ0v) is 17.9. The summed E-state index contributed by atoms with van der Waals surface area (Å²) in [6.45, 7) is 0.564. The number of allylic oxidation sites excluding steroid dienone is 10. The van der Waals surface area contributed by atoms with Crippen molar-refractivity contribution in [3.63, 3.8) is 0 Å². The smallest absolute Gasteiger partial charge is 0.128 e. The molecule has 1 fully saturated rings. The summed E-state index contributed by atoms with van der Waals surface area (Å²) in [6.07, 6.45) is 23.5. The van der Waals surface area contributed by atoms with Crippen molar-refractivity contribution in [3.8, 4) is 5.75 Å². The minimum atomic E-state index is 0.105. The second kappa shape index (κ2) is 6.71. The Hall–Kier alpha value is -2.58. The topological polar surface area (TPSA) is 35.2 Å². The van der Waals surface area contributed by atoms with Gasteiger partial charge in [0.1, 0.15) is 11.9 Å². The van der Waals surface area contributed by atoms with E-state index in [0.717, 1.165) is 18.1 Å². The molecular weight excluding hydrogens is 378 g/mol. The lowest BCUT2D eigenvalue weighted by molar-refractivity contribution is 0.267. The van der Waals surface area contributed by atoms with Gasteiger partial charge in [-0.2, -0.15) is 0 Å². The van der Waals surface area contributed by atoms with Crippen molar-refractivity contribution in [3.05, 3.63) is 99.7 Å². The third-order valence-electron chi connectivity index (χ3n) is 8.45. The van der Waals surface area contributed by atoms with E-state index in [4.69, 9.17) is 10.5 Å². The molecule has 1 saturated carbocycles. The van der Waals surface area contributed by atoms with E-state index in [1.54, 1.807) is 22.3 Å². The highest BCUT2D eigenvalue weighted by Crippen LogP contribution is 2.57. The Balaban J connectivity index is 1.30. The highest BCUT2D eigenvalue weighted by molar-refractivity contribution is 5.65. The number of rotatable bonds is 2. The SMILES string of the molecule is NCc1cccc2c1C1C=C(C3CC=C4C5=CCCCC5C5CC=CC3=C45)C=CC1O2. The molecule has 7 rings (SSSR count). The number of hydrogen-bond acceptors (Lipinski definition) is 2. The summed E-state index contributed by atoms with van der Waals surface area (Å²) in [4.78, 5) is 0. The van der Waals surface area contributed by atoms with Gasteiger partial charge >= 0.3 is 0 Å². The molecule has 0 saturated heterocycles. The van der Waals surface area contributed by atoms with Crippen molar-refractivity contribution >= 4 is 0 Å². The first kappa shape index (κ1) is 18.0. The summed E-state index contributed by atoms with van der Waals surface area (Å²) in [5.74, 6) is 3.22. The molecule has 5 atom stereocenters. The predicted molar refractivity (Wildman–Crippen MR) is 125 cm³/mol. The van der Waals surface area contributed by atoms with E-state index in [2.05, 4.69) is 60.7 Å². The van der Waals surface area contributed by atoms with Crippen LogP contribution >= 0.6 is 0 Å². The molecule has 2 heteroatoms. The standard InChI is InChI=1S/C29H29NO/c30-16-18-5-3-10-27-28(18)25-15-17(11-14-26(25)31-27)19-12-13-24-21-7-2-1-6-20(21)23-9-4-8-22(19)29(23)24/h3-5,7-8,10-11,13-15,19-20,23,25-26H,1-2,6,9,12,16,30H2. The molecule has 0 radical (unpaired) electrons. The number of benzene rings is 1. The molecule has 1 aliphatic heterocycles. The second-order valence-electron chi connectivity index (χ2n) is 9.88. The van der Waals surface area contributed by atoms with Gasteiger partial charge in [-0.15, -0.1) is 0 Å². The van der Waals surface area contributed by atoms with Crippen LogP contribution in [0.2, 0.25) is 0 Å². The van der Waals surface area contributed by atoms with Gasteiger partial charge in [0, 0.05) is 23.9 Å². The van der Waals surface area contributed by atoms with Crippen LogP contribution < -0.4 is 10.5 Å². The van der Waals surface area contributed by atoms with Gasteiger partial charge in [-0.3, -0.25) is 0 Å². The fourth-order valence-corrected chi connectivity index (χ4v) is 7.15. The number of fused-ring (bicyclic) bond motifs is 6. The summed E-state index contributed by atoms with van der Waals surface area (Å²) in [7, 11) is 0. The molecule has 6 aliphatic rings. The van der Waals surface area contributed by atoms with Crippen LogP contribution in [0.3, 0.4) is 0 Å². The van der Waals surface area contributed by atoms with Gasteiger partial charge in [0.2, 0.25) is 0 Å². The Morgan fingerprint density at radius 1 is 1.06 bits per heavy atom. The third-order valence-corrected chi connectivity index (χ3v) is 8.45. The Morgan fingerprint density at radius 3 is 2.97 bits per heavy atom. The van der Waals surface area contributed by atoms with Crippen molar-refractivity contribution in [2.75, 3.05) is 0 Å². The molecule has 1 aromatic rings. The predicted octanol–water partition coefficient (Wildman–Crippen LogP) is 6.05. The molecule has 2 N–H and O–H groups in total. The van der Waals surface area contributed by atoms with Crippen LogP contribution in [-0.2, 0) is 6.54 Å². The second-order valence-corrected chi connectivity index (χ2v) is 9.88. The fraction of sp³-hybridized carbons (Fsp3) is 0.379. The molecule has 1 aromatic carbocycles. The van der Waals surface area contributed by atoms with Gasteiger partial charge in [0.25, 0.3) is 0 Å². The lowest BCUT2D eigenvalue weighted by atomic mass is 9.72. The summed E-state index contributed by atoms with van der Waals surface area (Å²) in [6, 6.07) is 6.31. The molecule has 0 amide bonds. The van der Waals surface area contributed by atoms with Crippen molar-refractivity contribution in [2.24, 2.45) is 23.5 Å². The molecule has 2 nitrogen and oxygen atoms in total. The van der Waals surface area contributed by atoms with Crippen LogP contribution in [-0.4, -0.2) is 6.10 Å². The molecular formula is C29H29NO. The van der Waals surface area contributed by atoms with Crippen molar-refractivity contribution in [1.29, 1.82) is 0 Å². The summed E-state index contributed by atoms with van der Waals surface area (Å²) in [5, 5.41) is 0. The lowest BCUT2D eigenvalue weighted by Gasteiger charge is -2.32. The Bertz CT molecular complexity index is 1160. The minimum Gasteiger partial charge on any atom is -0.485 e. The Labute approximate surface area is 184 Å². The van der Waals surface area contributed by atoms with Crippen molar-refractivity contribution in [1.82, 2.24) is 0 Å². The van der Waals surface area contributed by atoms with Crippen LogP contribution in [0.4, 0.5) is 0 Å². The normalized spacial score (nSPS) is 34.2. The van der Waals surface area contributed by atoms with Crippen molar-refractivity contribution < 1.29 is 4.74 Å². The summed E-state index contributed by atoms with van der Waals surface area (Å²) in [5.41, 5.74) is 16.6. The van der Waals surface area contributed by atoms with Crippen LogP contribution in [0.15, 0.2) is 88.6 Å². The first-order valence-corrected chi connectivity index (χ1v) is 12.0. The summed E-state index contributed by atoms with van der Waals surface area (Å²) >= 11 is 0. The zero-order chi connectivity index (χ0) is 20.5. The van der Waals surface area contributed by atoms with E-state index in [9.17, 15) is 0 Å². The van der Waals surface area contributed by atoms with E-state index in [0.29, 0.717) is 18.4 Å². The van der Waals surface area contributed by atoms with E-state index in [1.807, 2.05) is 0 Å². The molecule has 31 heavy (non-hydrogen) atoms. The molecule has 5 unspecified atom stereocenters. The van der Waals surface area contributed by atoms with Gasteiger partial charge in [0.15, 0.2) is 0 Å². The van der Waals surface area contributed by atoms with Crippen LogP contribution in [0, 0.1) is 17.8 Å². The zero-order valence-electron chi connectivity index (χ0n) is 17.9. The van der Waals surface area contributed by atoms with Crippen LogP contribution in [0.5, 0.6) is 5.75 Å². The minimum absolute atomic E-state index is 0.105. The average molecular weight is 408 g/mol. The van der Waals surface area contributed by atoms with E-state index >= 15 is 0 Å². The van der Waals surface area contributed by atoms with Gasteiger partial charge in [-0.1, -0.05) is 48.6 Å². The maximum atomic E-state index is 6.27. The van der Waals surface area contributed by atoms with Crippen LogP contribution in [0.25, 0.3) is 0 Å². The van der Waals surface area contributed by atoms with Crippen molar-refractivity contribution in [2.45, 2.75) is 50.7 Å². The molecule has 0 aromatic heterocycles. The molecule has 1 heterocycles. The highest BCUT2D eigenvalue weighted by Gasteiger charge is 2.44. The monoisotopic (exact) mass is 407 g/mol. The van der Waals surface area contributed by atoms with Gasteiger partial charge in [0.05, 0.1) is 0 Å². The number of hydrogen-bond donors (Lipinski definition) is 1. The van der Waals surface area contributed by atoms with E-state index in [1.165, 1.54) is 42.4 Å². The van der Waals surface area contributed by atoms with Gasteiger partial charge in [-0.05, 0) is 89.5 Å². The lowest BCUT2D eigenvalue weighted by Crippen LogP contribution is -2.22. The molecule has 5 aliphatic carbocycles. The first-order chi connectivity index (χ1) is 15.3. The maximum absolute atomic E-state index is 6.27. The van der Waals surface area contributed by atoms with Gasteiger partial charge in [-0.25, -0.2) is 0 Å². The molecule has 0 bridgehead atoms. The molecule has 0 spiro atoms. The molecule has 156 valence electrons. The highest BCUT2D eigenvalue weighted by atomic mass is 16.5. The Kier molecular flexibility index (Phi) is 3.90. The van der Waals surface area contributed by atoms with Crippen LogP contribution in [0.1, 0.15) is 49.1 Å². The third kappa shape index (κ3) is 2.49. The summed E-state index contributed by atoms with van der Waals surface area (Å²) < 4.78 is 6.27. The number of nitrogens with two attached hydrogens (primary N) is 1. The fourth-order valence-electron chi connectivity index (χ4n) is 7.15. The van der Waals surface area contributed by atoms with E-state index in [-0.39, 0.29) is 12.0 Å².